The lowest BCUT2D eigenvalue weighted by Gasteiger charge is -2.15. The Hall–Kier alpha value is -1.04. The molecule has 100 valence electrons. The topological polar surface area (TPSA) is 26.0 Å². The molecule has 6 heteroatoms. The maximum atomic E-state index is 13.6. The lowest BCUT2D eigenvalue weighted by atomic mass is 9.99. The number of rotatable bonds is 2. The lowest BCUT2D eigenvalue weighted by Crippen LogP contribution is -2.15. The number of hydrogen-bond acceptors (Lipinski definition) is 1. The summed E-state index contributed by atoms with van der Waals surface area (Å²) in [4.78, 5) is 0. The van der Waals surface area contributed by atoms with Crippen molar-refractivity contribution >= 4 is 27.5 Å². The summed E-state index contributed by atoms with van der Waals surface area (Å²) in [6.07, 6.45) is 0. The molecule has 1 nitrogen and oxygen atoms in total. The lowest BCUT2D eigenvalue weighted by molar-refractivity contribution is 0.487. The van der Waals surface area contributed by atoms with Gasteiger partial charge in [-0.25, -0.2) is 13.2 Å². The highest BCUT2D eigenvalue weighted by molar-refractivity contribution is 9.10. The van der Waals surface area contributed by atoms with Gasteiger partial charge in [0.05, 0.1) is 6.04 Å². The van der Waals surface area contributed by atoms with Gasteiger partial charge in [0.2, 0.25) is 0 Å². The molecule has 1 atom stereocenters. The van der Waals surface area contributed by atoms with Crippen LogP contribution in [0, 0.1) is 17.5 Å². The summed E-state index contributed by atoms with van der Waals surface area (Å²) in [7, 11) is 0. The molecule has 0 spiro atoms. The van der Waals surface area contributed by atoms with Crippen LogP contribution in [0.25, 0.3) is 0 Å². The summed E-state index contributed by atoms with van der Waals surface area (Å²) in [5, 5.41) is 0.311. The maximum Gasteiger partial charge on any atom is 0.161 e. The smallest absolute Gasteiger partial charge is 0.161 e. The van der Waals surface area contributed by atoms with E-state index < -0.39 is 23.5 Å². The van der Waals surface area contributed by atoms with Crippen LogP contribution in [0.15, 0.2) is 34.8 Å². The van der Waals surface area contributed by atoms with Crippen molar-refractivity contribution in [3.8, 4) is 0 Å². The highest BCUT2D eigenvalue weighted by atomic mass is 79.9. The second-order valence-corrected chi connectivity index (χ2v) is 5.25. The molecule has 0 heterocycles. The Balaban J connectivity index is 2.49. The predicted octanol–water partition coefficient (Wildman–Crippen LogP) is 4.57. The first-order valence-corrected chi connectivity index (χ1v) is 6.42. The van der Waals surface area contributed by atoms with Gasteiger partial charge in [0, 0.05) is 21.1 Å². The zero-order valence-electron chi connectivity index (χ0n) is 9.43. The molecule has 0 saturated heterocycles. The van der Waals surface area contributed by atoms with E-state index in [0.29, 0.717) is 16.7 Å². The second-order valence-electron chi connectivity index (χ2n) is 3.93. The molecule has 0 radical (unpaired) electrons. The molecule has 0 saturated carbocycles. The Morgan fingerprint density at radius 2 is 1.58 bits per heavy atom. The molecule has 0 amide bonds. The van der Waals surface area contributed by atoms with Gasteiger partial charge in [-0.15, -0.1) is 0 Å². The molecule has 0 aliphatic heterocycles. The van der Waals surface area contributed by atoms with Crippen LogP contribution in [0.5, 0.6) is 0 Å². The van der Waals surface area contributed by atoms with Crippen molar-refractivity contribution in [2.24, 2.45) is 5.73 Å². The minimum Gasteiger partial charge on any atom is -0.320 e. The average molecular weight is 351 g/mol. The molecule has 0 aliphatic carbocycles. The largest absolute Gasteiger partial charge is 0.320 e. The highest BCUT2D eigenvalue weighted by Crippen LogP contribution is 2.30. The summed E-state index contributed by atoms with van der Waals surface area (Å²) in [5.41, 5.74) is 6.13. The second kappa shape index (κ2) is 5.53. The summed E-state index contributed by atoms with van der Waals surface area (Å²) < 4.78 is 40.4. The van der Waals surface area contributed by atoms with Gasteiger partial charge < -0.3 is 5.73 Å². The van der Waals surface area contributed by atoms with Gasteiger partial charge in [-0.2, -0.15) is 0 Å². The van der Waals surface area contributed by atoms with Crippen LogP contribution in [0.3, 0.4) is 0 Å². The first-order chi connectivity index (χ1) is 8.90. The van der Waals surface area contributed by atoms with Gasteiger partial charge in [-0.3, -0.25) is 0 Å². The van der Waals surface area contributed by atoms with E-state index in [4.69, 9.17) is 17.3 Å². The summed E-state index contributed by atoms with van der Waals surface area (Å²) in [6.45, 7) is 0. The molecule has 0 aliphatic rings. The molecule has 1 unspecified atom stereocenters. The molecule has 2 aromatic carbocycles. The molecule has 19 heavy (non-hydrogen) atoms. The Kier molecular flexibility index (Phi) is 4.18. The van der Waals surface area contributed by atoms with Crippen molar-refractivity contribution in [3.05, 3.63) is 68.4 Å². The first-order valence-electron chi connectivity index (χ1n) is 5.25. The summed E-state index contributed by atoms with van der Waals surface area (Å²) in [5.74, 6) is -3.32. The third-order valence-electron chi connectivity index (χ3n) is 2.67. The molecule has 0 bridgehead atoms. The SMILES string of the molecule is NC(c1cc(F)c(F)cc1F)c1ccc(Br)cc1Cl. The van der Waals surface area contributed by atoms with Crippen molar-refractivity contribution in [1.29, 1.82) is 0 Å². The van der Waals surface area contributed by atoms with E-state index in [1.165, 1.54) is 0 Å². The van der Waals surface area contributed by atoms with Crippen molar-refractivity contribution in [1.82, 2.24) is 0 Å². The van der Waals surface area contributed by atoms with Crippen LogP contribution >= 0.6 is 27.5 Å². The monoisotopic (exact) mass is 349 g/mol. The van der Waals surface area contributed by atoms with Gasteiger partial charge in [0.25, 0.3) is 0 Å². The molecule has 0 fully saturated rings. The number of halogens is 5. The van der Waals surface area contributed by atoms with E-state index in [2.05, 4.69) is 15.9 Å². The number of hydrogen-bond donors (Lipinski definition) is 1. The quantitative estimate of drug-likeness (QED) is 0.789. The summed E-state index contributed by atoms with van der Waals surface area (Å²) >= 11 is 9.23. The van der Waals surface area contributed by atoms with Crippen LogP contribution in [-0.4, -0.2) is 0 Å². The molecule has 2 rings (SSSR count). The van der Waals surface area contributed by atoms with Crippen LogP contribution < -0.4 is 5.73 Å². The molecular formula is C13H8BrClF3N. The minimum absolute atomic E-state index is 0.150. The number of nitrogens with two attached hydrogens (primary N) is 1. The van der Waals surface area contributed by atoms with Gasteiger partial charge in [-0.1, -0.05) is 33.6 Å². The molecular weight excluding hydrogens is 343 g/mol. The fourth-order valence-electron chi connectivity index (χ4n) is 1.70. The fraction of sp³-hybridized carbons (Fsp3) is 0.0769. The Morgan fingerprint density at radius 1 is 0.947 bits per heavy atom. The van der Waals surface area contributed by atoms with E-state index in [-0.39, 0.29) is 5.56 Å². The predicted molar refractivity (Wildman–Crippen MR) is 71.5 cm³/mol. The standard InChI is InChI=1S/C13H8BrClF3N/c14-6-1-2-7(9(15)3-6)13(19)8-4-11(17)12(18)5-10(8)16/h1-5,13H,19H2. The van der Waals surface area contributed by atoms with Crippen LogP contribution in [0.1, 0.15) is 17.2 Å². The van der Waals surface area contributed by atoms with Crippen LogP contribution in [0.4, 0.5) is 13.2 Å². The van der Waals surface area contributed by atoms with E-state index in [9.17, 15) is 13.2 Å². The van der Waals surface area contributed by atoms with E-state index in [1.54, 1.807) is 18.2 Å². The summed E-state index contributed by atoms with van der Waals surface area (Å²) in [6, 6.07) is 5.10. The number of benzene rings is 2. The zero-order valence-corrected chi connectivity index (χ0v) is 11.8. The van der Waals surface area contributed by atoms with Crippen molar-refractivity contribution in [3.63, 3.8) is 0 Å². The third-order valence-corrected chi connectivity index (χ3v) is 3.49. The Bertz CT molecular complexity index is 634. The van der Waals surface area contributed by atoms with Gasteiger partial charge >= 0.3 is 0 Å². The van der Waals surface area contributed by atoms with E-state index in [1.807, 2.05) is 0 Å². The van der Waals surface area contributed by atoms with Crippen molar-refractivity contribution < 1.29 is 13.2 Å². The normalized spacial score (nSPS) is 12.5. The third kappa shape index (κ3) is 2.94. The minimum atomic E-state index is -1.25. The van der Waals surface area contributed by atoms with Crippen LogP contribution in [-0.2, 0) is 0 Å². The van der Waals surface area contributed by atoms with Gasteiger partial charge in [0.1, 0.15) is 5.82 Å². The van der Waals surface area contributed by atoms with Gasteiger partial charge in [0.15, 0.2) is 11.6 Å². The maximum absolute atomic E-state index is 13.6. The Labute approximate surface area is 121 Å². The van der Waals surface area contributed by atoms with Crippen molar-refractivity contribution in [2.45, 2.75) is 6.04 Å². The highest BCUT2D eigenvalue weighted by Gasteiger charge is 2.19. The van der Waals surface area contributed by atoms with Crippen LogP contribution in [0.2, 0.25) is 5.02 Å². The molecule has 2 N–H and O–H groups in total. The molecule has 2 aromatic rings. The van der Waals surface area contributed by atoms with E-state index in [0.717, 1.165) is 10.5 Å². The Morgan fingerprint density at radius 3 is 2.21 bits per heavy atom. The van der Waals surface area contributed by atoms with Gasteiger partial charge in [-0.05, 0) is 23.8 Å². The van der Waals surface area contributed by atoms with E-state index >= 15 is 0 Å². The fourth-order valence-corrected chi connectivity index (χ4v) is 2.49. The first kappa shape index (κ1) is 14.4. The average Bonchev–Trinajstić information content (AvgIpc) is 2.33. The zero-order chi connectivity index (χ0) is 14.2. The van der Waals surface area contributed by atoms with Crippen molar-refractivity contribution in [2.75, 3.05) is 0 Å². The molecule has 0 aromatic heterocycles.